The smallest absolute Gasteiger partial charge is 0.267 e. The predicted octanol–water partition coefficient (Wildman–Crippen LogP) is 1.57. The zero-order chi connectivity index (χ0) is 12.3. The average Bonchev–Trinajstić information content (AvgIpc) is 2.72. The molecule has 2 N–H and O–H groups in total. The third-order valence-electron chi connectivity index (χ3n) is 3.40. The van der Waals surface area contributed by atoms with Crippen molar-refractivity contribution in [2.45, 2.75) is 32.2 Å². The molecule has 1 atom stereocenters. The summed E-state index contributed by atoms with van der Waals surface area (Å²) in [5, 5.41) is 11.8. The standard InChI is InChI=1S/C13H20N2O2/c1-10(9-16)8-14-13(17)12-6-3-7-15(12)11-4-2-5-11/h3,6-7,10-11,16H,2,4-5,8-9H2,1H3,(H,14,17). The van der Waals surface area contributed by atoms with Gasteiger partial charge in [-0.1, -0.05) is 6.92 Å². The molecule has 1 unspecified atom stereocenters. The second-order valence-electron chi connectivity index (χ2n) is 4.88. The van der Waals surface area contributed by atoms with Gasteiger partial charge in [0.2, 0.25) is 0 Å². The van der Waals surface area contributed by atoms with Crippen molar-refractivity contribution in [1.29, 1.82) is 0 Å². The molecule has 17 heavy (non-hydrogen) atoms. The van der Waals surface area contributed by atoms with Gasteiger partial charge in [0.05, 0.1) is 0 Å². The second-order valence-corrected chi connectivity index (χ2v) is 4.88. The number of carbonyl (C=O) groups is 1. The Balaban J connectivity index is 1.96. The molecule has 1 amide bonds. The fourth-order valence-corrected chi connectivity index (χ4v) is 1.99. The minimum atomic E-state index is -0.0396. The summed E-state index contributed by atoms with van der Waals surface area (Å²) in [6.07, 6.45) is 5.57. The highest BCUT2D eigenvalue weighted by Gasteiger charge is 2.23. The van der Waals surface area contributed by atoms with Crippen molar-refractivity contribution in [1.82, 2.24) is 9.88 Å². The van der Waals surface area contributed by atoms with Gasteiger partial charge >= 0.3 is 0 Å². The first-order chi connectivity index (χ1) is 8.22. The van der Waals surface area contributed by atoms with E-state index in [0.29, 0.717) is 12.6 Å². The van der Waals surface area contributed by atoms with Gasteiger partial charge in [-0.15, -0.1) is 0 Å². The maximum absolute atomic E-state index is 12.0. The van der Waals surface area contributed by atoms with Crippen LogP contribution in [-0.2, 0) is 0 Å². The van der Waals surface area contributed by atoms with E-state index in [0.717, 1.165) is 5.69 Å². The molecule has 1 aromatic heterocycles. The number of nitrogens with one attached hydrogen (secondary N) is 1. The van der Waals surface area contributed by atoms with Gasteiger partial charge < -0.3 is 15.0 Å². The number of hydrogen-bond acceptors (Lipinski definition) is 2. The zero-order valence-electron chi connectivity index (χ0n) is 10.2. The van der Waals surface area contributed by atoms with Gasteiger partial charge in [0.1, 0.15) is 5.69 Å². The Morgan fingerprint density at radius 3 is 3.00 bits per heavy atom. The quantitative estimate of drug-likeness (QED) is 0.815. The Morgan fingerprint density at radius 2 is 2.41 bits per heavy atom. The van der Waals surface area contributed by atoms with Crippen LogP contribution in [0.15, 0.2) is 18.3 Å². The summed E-state index contributed by atoms with van der Waals surface area (Å²) in [5.74, 6) is 0.0632. The lowest BCUT2D eigenvalue weighted by molar-refractivity contribution is 0.0927. The Bertz CT molecular complexity index is 383. The van der Waals surface area contributed by atoms with E-state index in [1.165, 1.54) is 19.3 Å². The minimum absolute atomic E-state index is 0.0396. The van der Waals surface area contributed by atoms with Crippen LogP contribution in [0.3, 0.4) is 0 Å². The first-order valence-electron chi connectivity index (χ1n) is 6.28. The van der Waals surface area contributed by atoms with Crippen LogP contribution in [0.2, 0.25) is 0 Å². The largest absolute Gasteiger partial charge is 0.396 e. The molecule has 0 spiro atoms. The van der Waals surface area contributed by atoms with Crippen LogP contribution >= 0.6 is 0 Å². The van der Waals surface area contributed by atoms with Crippen molar-refractivity contribution < 1.29 is 9.90 Å². The number of carbonyl (C=O) groups excluding carboxylic acids is 1. The minimum Gasteiger partial charge on any atom is -0.396 e. The summed E-state index contributed by atoms with van der Waals surface area (Å²) in [6.45, 7) is 2.53. The molecule has 2 rings (SSSR count). The molecule has 0 aliphatic heterocycles. The van der Waals surface area contributed by atoms with E-state index in [9.17, 15) is 4.79 Å². The van der Waals surface area contributed by atoms with Crippen LogP contribution in [0.1, 0.15) is 42.7 Å². The molecule has 0 bridgehead atoms. The van der Waals surface area contributed by atoms with E-state index in [4.69, 9.17) is 5.11 Å². The van der Waals surface area contributed by atoms with E-state index in [1.807, 2.05) is 25.3 Å². The number of hydrogen-bond donors (Lipinski definition) is 2. The van der Waals surface area contributed by atoms with Gasteiger partial charge in [-0.25, -0.2) is 0 Å². The molecular formula is C13H20N2O2. The second kappa shape index (κ2) is 5.36. The third-order valence-corrected chi connectivity index (χ3v) is 3.40. The zero-order valence-corrected chi connectivity index (χ0v) is 10.2. The van der Waals surface area contributed by atoms with E-state index < -0.39 is 0 Å². The fraction of sp³-hybridized carbons (Fsp3) is 0.615. The van der Waals surface area contributed by atoms with Gasteiger partial charge in [0.15, 0.2) is 0 Å². The molecule has 1 saturated carbocycles. The topological polar surface area (TPSA) is 54.3 Å². The lowest BCUT2D eigenvalue weighted by Crippen LogP contribution is -2.32. The van der Waals surface area contributed by atoms with E-state index >= 15 is 0 Å². The molecule has 4 heteroatoms. The first kappa shape index (κ1) is 12.2. The third kappa shape index (κ3) is 2.69. The molecule has 94 valence electrons. The number of aliphatic hydroxyl groups is 1. The number of aromatic nitrogens is 1. The van der Waals surface area contributed by atoms with Crippen molar-refractivity contribution in [3.05, 3.63) is 24.0 Å². The predicted molar refractivity (Wildman–Crippen MR) is 65.9 cm³/mol. The summed E-state index contributed by atoms with van der Waals surface area (Å²) in [7, 11) is 0. The number of aliphatic hydroxyl groups excluding tert-OH is 1. The summed E-state index contributed by atoms with van der Waals surface area (Å²) < 4.78 is 2.07. The number of amides is 1. The van der Waals surface area contributed by atoms with Crippen LogP contribution in [0.25, 0.3) is 0 Å². The molecule has 0 radical (unpaired) electrons. The summed E-state index contributed by atoms with van der Waals surface area (Å²) in [4.78, 5) is 12.0. The number of nitrogens with zero attached hydrogens (tertiary/aromatic N) is 1. The molecular weight excluding hydrogens is 216 g/mol. The SMILES string of the molecule is CC(CO)CNC(=O)c1cccn1C1CCC1. The van der Waals surface area contributed by atoms with Crippen LogP contribution in [0.4, 0.5) is 0 Å². The molecule has 1 aliphatic carbocycles. The molecule has 4 nitrogen and oxygen atoms in total. The van der Waals surface area contributed by atoms with Crippen molar-refractivity contribution in [3.8, 4) is 0 Å². The number of rotatable bonds is 5. The fourth-order valence-electron chi connectivity index (χ4n) is 1.99. The van der Waals surface area contributed by atoms with Gasteiger partial charge in [0, 0.05) is 25.4 Å². The summed E-state index contributed by atoms with van der Waals surface area (Å²) >= 11 is 0. The van der Waals surface area contributed by atoms with Crippen LogP contribution in [0, 0.1) is 5.92 Å². The van der Waals surface area contributed by atoms with Crippen molar-refractivity contribution in [3.63, 3.8) is 0 Å². The average molecular weight is 236 g/mol. The van der Waals surface area contributed by atoms with Crippen LogP contribution < -0.4 is 5.32 Å². The summed E-state index contributed by atoms with van der Waals surface area (Å²) in [6, 6.07) is 4.28. The molecule has 1 fully saturated rings. The van der Waals surface area contributed by atoms with E-state index in [-0.39, 0.29) is 18.4 Å². The maximum atomic E-state index is 12.0. The van der Waals surface area contributed by atoms with Crippen LogP contribution in [-0.4, -0.2) is 28.7 Å². The van der Waals surface area contributed by atoms with Crippen LogP contribution in [0.5, 0.6) is 0 Å². The van der Waals surface area contributed by atoms with E-state index in [2.05, 4.69) is 9.88 Å². The van der Waals surface area contributed by atoms with Gasteiger partial charge in [0.25, 0.3) is 5.91 Å². The Hall–Kier alpha value is -1.29. The highest BCUT2D eigenvalue weighted by Crippen LogP contribution is 2.32. The highest BCUT2D eigenvalue weighted by molar-refractivity contribution is 5.92. The normalized spacial score (nSPS) is 17.5. The van der Waals surface area contributed by atoms with Gasteiger partial charge in [-0.3, -0.25) is 4.79 Å². The molecule has 0 saturated heterocycles. The summed E-state index contributed by atoms with van der Waals surface area (Å²) in [5.41, 5.74) is 0.736. The monoisotopic (exact) mass is 236 g/mol. The first-order valence-corrected chi connectivity index (χ1v) is 6.28. The molecule has 1 aromatic rings. The Morgan fingerprint density at radius 1 is 1.65 bits per heavy atom. The van der Waals surface area contributed by atoms with Gasteiger partial charge in [-0.05, 0) is 37.3 Å². The highest BCUT2D eigenvalue weighted by atomic mass is 16.3. The van der Waals surface area contributed by atoms with Crippen molar-refractivity contribution in [2.75, 3.05) is 13.2 Å². The van der Waals surface area contributed by atoms with Crippen molar-refractivity contribution >= 4 is 5.91 Å². The van der Waals surface area contributed by atoms with Gasteiger partial charge in [-0.2, -0.15) is 0 Å². The molecule has 0 aromatic carbocycles. The Kier molecular flexibility index (Phi) is 3.84. The molecule has 1 heterocycles. The molecule has 1 aliphatic rings. The lowest BCUT2D eigenvalue weighted by atomic mass is 9.93. The lowest BCUT2D eigenvalue weighted by Gasteiger charge is -2.28. The van der Waals surface area contributed by atoms with Crippen molar-refractivity contribution in [2.24, 2.45) is 5.92 Å². The maximum Gasteiger partial charge on any atom is 0.267 e. The Labute approximate surface area is 102 Å². The van der Waals surface area contributed by atoms with E-state index in [1.54, 1.807) is 0 Å².